The summed E-state index contributed by atoms with van der Waals surface area (Å²) >= 11 is 0. The average Bonchev–Trinajstić information content (AvgIpc) is 2.82. The Balaban J connectivity index is 1.93. The van der Waals surface area contributed by atoms with Gasteiger partial charge < -0.3 is 5.32 Å². The zero-order valence-electron chi connectivity index (χ0n) is 11.4. The Labute approximate surface area is 109 Å². The molecule has 100 valence electrons. The number of aromatic nitrogens is 2. The second-order valence-corrected chi connectivity index (χ2v) is 5.36. The topological polar surface area (TPSA) is 46.9 Å². The van der Waals surface area contributed by atoms with Crippen molar-refractivity contribution in [3.8, 4) is 0 Å². The third-order valence-electron chi connectivity index (χ3n) is 4.14. The van der Waals surface area contributed by atoms with Crippen LogP contribution < -0.4 is 5.32 Å². The lowest BCUT2D eigenvalue weighted by molar-refractivity contribution is -0.130. The van der Waals surface area contributed by atoms with Crippen molar-refractivity contribution in [2.24, 2.45) is 12.5 Å². The molecular weight excluding hydrogens is 226 g/mol. The van der Waals surface area contributed by atoms with Crippen molar-refractivity contribution < 1.29 is 4.79 Å². The van der Waals surface area contributed by atoms with Crippen LogP contribution in [0.3, 0.4) is 0 Å². The van der Waals surface area contributed by atoms with Gasteiger partial charge in [0.1, 0.15) is 5.78 Å². The van der Waals surface area contributed by atoms with Crippen molar-refractivity contribution >= 4 is 5.78 Å². The minimum absolute atomic E-state index is 0.111. The minimum Gasteiger partial charge on any atom is -0.316 e. The fraction of sp³-hybridized carbons (Fsp3) is 0.714. The first kappa shape index (κ1) is 13.3. The van der Waals surface area contributed by atoms with E-state index < -0.39 is 0 Å². The standard InChI is InChI=1S/C14H23N3O/c1-3-14(7-4-8-15-11-14)13(18)6-5-12-9-16-17(2)10-12/h9-10,15H,3-8,11H2,1-2H3. The number of hydrogen-bond donors (Lipinski definition) is 1. The number of rotatable bonds is 5. The van der Waals surface area contributed by atoms with Gasteiger partial charge in [0.05, 0.1) is 6.20 Å². The van der Waals surface area contributed by atoms with Crippen LogP contribution in [0.25, 0.3) is 0 Å². The fourth-order valence-corrected chi connectivity index (χ4v) is 2.83. The van der Waals surface area contributed by atoms with Crippen LogP contribution in [0, 0.1) is 5.41 Å². The van der Waals surface area contributed by atoms with Crippen LogP contribution in [-0.4, -0.2) is 28.7 Å². The molecule has 1 atom stereocenters. The summed E-state index contributed by atoms with van der Waals surface area (Å²) in [6.45, 7) is 4.04. The van der Waals surface area contributed by atoms with Crippen LogP contribution in [0.1, 0.15) is 38.2 Å². The van der Waals surface area contributed by atoms with Gasteiger partial charge in [0.2, 0.25) is 0 Å². The van der Waals surface area contributed by atoms with Gasteiger partial charge in [-0.05, 0) is 37.8 Å². The molecule has 2 rings (SSSR count). The van der Waals surface area contributed by atoms with E-state index in [1.807, 2.05) is 19.4 Å². The maximum Gasteiger partial charge on any atom is 0.140 e. The molecule has 1 N–H and O–H groups in total. The van der Waals surface area contributed by atoms with Gasteiger partial charge in [-0.15, -0.1) is 0 Å². The SMILES string of the molecule is CCC1(C(=O)CCc2cnn(C)c2)CCCNC1. The summed E-state index contributed by atoms with van der Waals surface area (Å²) in [6.07, 6.45) is 8.41. The summed E-state index contributed by atoms with van der Waals surface area (Å²) in [4.78, 5) is 12.5. The third kappa shape index (κ3) is 2.80. The maximum atomic E-state index is 12.5. The molecule has 0 aliphatic carbocycles. The molecule has 0 bridgehead atoms. The highest BCUT2D eigenvalue weighted by Gasteiger charge is 2.36. The summed E-state index contributed by atoms with van der Waals surface area (Å²) in [7, 11) is 1.91. The number of nitrogens with zero attached hydrogens (tertiary/aromatic N) is 2. The number of piperidine rings is 1. The summed E-state index contributed by atoms with van der Waals surface area (Å²) < 4.78 is 1.79. The predicted octanol–water partition coefficient (Wildman–Crippen LogP) is 1.70. The van der Waals surface area contributed by atoms with E-state index in [4.69, 9.17) is 0 Å². The van der Waals surface area contributed by atoms with Crippen LogP contribution in [0.5, 0.6) is 0 Å². The van der Waals surface area contributed by atoms with E-state index >= 15 is 0 Å². The number of hydrogen-bond acceptors (Lipinski definition) is 3. The lowest BCUT2D eigenvalue weighted by atomic mass is 9.73. The van der Waals surface area contributed by atoms with Gasteiger partial charge in [0.15, 0.2) is 0 Å². The zero-order valence-corrected chi connectivity index (χ0v) is 11.4. The summed E-state index contributed by atoms with van der Waals surface area (Å²) in [6, 6.07) is 0. The number of Topliss-reactive ketones (excluding diaryl/α,β-unsaturated/α-hetero) is 1. The van der Waals surface area contributed by atoms with Gasteiger partial charge in [0.25, 0.3) is 0 Å². The molecule has 0 radical (unpaired) electrons. The highest BCUT2D eigenvalue weighted by molar-refractivity contribution is 5.85. The number of nitrogens with one attached hydrogen (secondary N) is 1. The second kappa shape index (κ2) is 5.65. The van der Waals surface area contributed by atoms with Crippen molar-refractivity contribution in [1.82, 2.24) is 15.1 Å². The number of aryl methyl sites for hydroxylation is 2. The average molecular weight is 249 g/mol. The minimum atomic E-state index is -0.111. The smallest absolute Gasteiger partial charge is 0.140 e. The molecule has 4 heteroatoms. The van der Waals surface area contributed by atoms with Crippen molar-refractivity contribution in [3.05, 3.63) is 18.0 Å². The quantitative estimate of drug-likeness (QED) is 0.864. The number of carbonyl (C=O) groups excluding carboxylic acids is 1. The van der Waals surface area contributed by atoms with Gasteiger partial charge in [-0.25, -0.2) is 0 Å². The molecule has 0 saturated carbocycles. The summed E-state index contributed by atoms with van der Waals surface area (Å²) in [5, 5.41) is 7.51. The molecule has 1 aromatic rings. The molecule has 1 aliphatic heterocycles. The normalized spacial score (nSPS) is 24.1. The van der Waals surface area contributed by atoms with Gasteiger partial charge in [-0.3, -0.25) is 9.48 Å². The van der Waals surface area contributed by atoms with E-state index in [2.05, 4.69) is 17.3 Å². The molecular formula is C14H23N3O. The van der Waals surface area contributed by atoms with Crippen molar-refractivity contribution in [2.75, 3.05) is 13.1 Å². The Morgan fingerprint density at radius 3 is 3.00 bits per heavy atom. The van der Waals surface area contributed by atoms with Crippen molar-refractivity contribution in [1.29, 1.82) is 0 Å². The van der Waals surface area contributed by atoms with Crippen molar-refractivity contribution in [3.63, 3.8) is 0 Å². The second-order valence-electron chi connectivity index (χ2n) is 5.36. The molecule has 4 nitrogen and oxygen atoms in total. The Morgan fingerprint density at radius 1 is 1.61 bits per heavy atom. The molecule has 18 heavy (non-hydrogen) atoms. The Morgan fingerprint density at radius 2 is 2.44 bits per heavy atom. The van der Waals surface area contributed by atoms with E-state index in [1.54, 1.807) is 4.68 Å². The zero-order chi connectivity index (χ0) is 13.0. The molecule has 1 unspecified atom stereocenters. The van der Waals surface area contributed by atoms with Gasteiger partial charge in [0, 0.05) is 31.6 Å². The van der Waals surface area contributed by atoms with E-state index in [9.17, 15) is 4.79 Å². The predicted molar refractivity (Wildman–Crippen MR) is 71.4 cm³/mol. The van der Waals surface area contributed by atoms with Crippen LogP contribution in [0.15, 0.2) is 12.4 Å². The first-order valence-corrected chi connectivity index (χ1v) is 6.88. The molecule has 0 amide bonds. The van der Waals surface area contributed by atoms with Crippen LogP contribution in [-0.2, 0) is 18.3 Å². The van der Waals surface area contributed by atoms with E-state index in [-0.39, 0.29) is 5.41 Å². The van der Waals surface area contributed by atoms with Crippen LogP contribution in [0.2, 0.25) is 0 Å². The van der Waals surface area contributed by atoms with Crippen LogP contribution in [0.4, 0.5) is 0 Å². The van der Waals surface area contributed by atoms with Crippen LogP contribution >= 0.6 is 0 Å². The van der Waals surface area contributed by atoms with Crippen molar-refractivity contribution in [2.45, 2.75) is 39.0 Å². The van der Waals surface area contributed by atoms with Gasteiger partial charge >= 0.3 is 0 Å². The molecule has 0 spiro atoms. The van der Waals surface area contributed by atoms with E-state index in [0.29, 0.717) is 12.2 Å². The van der Waals surface area contributed by atoms with Gasteiger partial charge in [-0.1, -0.05) is 6.92 Å². The lowest BCUT2D eigenvalue weighted by Crippen LogP contribution is -2.45. The molecule has 1 saturated heterocycles. The highest BCUT2D eigenvalue weighted by atomic mass is 16.1. The Hall–Kier alpha value is -1.16. The monoisotopic (exact) mass is 249 g/mol. The first-order valence-electron chi connectivity index (χ1n) is 6.88. The number of carbonyl (C=O) groups is 1. The summed E-state index contributed by atoms with van der Waals surface area (Å²) in [5.74, 6) is 0.418. The Kier molecular flexibility index (Phi) is 4.17. The lowest BCUT2D eigenvalue weighted by Gasteiger charge is -2.35. The fourth-order valence-electron chi connectivity index (χ4n) is 2.83. The molecule has 0 aromatic carbocycles. The first-order chi connectivity index (χ1) is 8.66. The van der Waals surface area contributed by atoms with Gasteiger partial charge in [-0.2, -0.15) is 5.10 Å². The number of ketones is 1. The highest BCUT2D eigenvalue weighted by Crippen LogP contribution is 2.32. The molecule has 2 heterocycles. The van der Waals surface area contributed by atoms with E-state index in [0.717, 1.165) is 44.3 Å². The summed E-state index contributed by atoms with van der Waals surface area (Å²) in [5.41, 5.74) is 1.04. The Bertz CT molecular complexity index is 405. The molecule has 1 aliphatic rings. The largest absolute Gasteiger partial charge is 0.316 e. The van der Waals surface area contributed by atoms with E-state index in [1.165, 1.54) is 0 Å². The molecule has 1 aromatic heterocycles. The maximum absolute atomic E-state index is 12.5. The third-order valence-corrected chi connectivity index (χ3v) is 4.14. The molecule has 1 fully saturated rings.